The minimum Gasteiger partial charge on any atom is -0.493 e. The summed E-state index contributed by atoms with van der Waals surface area (Å²) >= 11 is 0. The van der Waals surface area contributed by atoms with Crippen LogP contribution in [0.1, 0.15) is 13.3 Å². The van der Waals surface area contributed by atoms with Crippen LogP contribution in [0.15, 0.2) is 34.2 Å². The molecule has 2 aromatic heterocycles. The van der Waals surface area contributed by atoms with E-state index in [1.54, 1.807) is 0 Å². The van der Waals surface area contributed by atoms with Gasteiger partial charge in [-0.3, -0.25) is 4.79 Å². The van der Waals surface area contributed by atoms with E-state index in [4.69, 9.17) is 15.4 Å². The fourth-order valence-electron chi connectivity index (χ4n) is 2.15. The monoisotopic (exact) mass is 368 g/mol. The number of aromatic amines is 2. The third-order valence-corrected chi connectivity index (χ3v) is 4.60. The molecule has 3 aromatic rings. The summed E-state index contributed by atoms with van der Waals surface area (Å²) in [5.41, 5.74) is 0.338. The summed E-state index contributed by atoms with van der Waals surface area (Å²) in [6.45, 7) is 2.36. The Kier molecular flexibility index (Phi) is 4.29. The van der Waals surface area contributed by atoms with Crippen LogP contribution in [-0.4, -0.2) is 35.0 Å². The van der Waals surface area contributed by atoms with Gasteiger partial charge in [0.05, 0.1) is 23.4 Å². The molecule has 3 rings (SSSR count). The normalized spacial score (nSPS) is 11.8. The molecule has 10 heteroatoms. The number of nitrogens with one attached hydrogen (secondary N) is 2. The summed E-state index contributed by atoms with van der Waals surface area (Å²) in [7, 11) is 1.47. The van der Waals surface area contributed by atoms with Gasteiger partial charge in [0, 0.05) is 10.7 Å². The fraction of sp³-hybridized carbons (Fsp3) is 0.214. The molecule has 0 aliphatic rings. The first kappa shape index (κ1) is 16.5. The van der Waals surface area contributed by atoms with Crippen molar-refractivity contribution in [3.05, 3.63) is 34.9 Å². The average Bonchev–Trinajstić information content (AvgIpc) is 3.01. The van der Waals surface area contributed by atoms with Crippen molar-refractivity contribution in [2.45, 2.75) is 18.2 Å². The number of benzene rings is 1. The molecule has 0 bridgehead atoms. The smallest absolute Gasteiger partial charge is 0.277 e. The Labute approximate surface area is 141 Å². The Morgan fingerprint density at radius 1 is 1.33 bits per heavy atom. The standard InChI is InChI=1S/C14H13ClN4O4S/c1-2-5-23-10-4-3-8(24(15,21)22)6-9(10)12-18-13-11(14(20)19-12)16-7-17-13/h3-4,6-7H,2,5H2,1H3,(H2,16,17,18,19,20). The minimum absolute atomic E-state index is 0.118. The van der Waals surface area contributed by atoms with Crippen LogP contribution in [-0.2, 0) is 9.05 Å². The van der Waals surface area contributed by atoms with Crippen molar-refractivity contribution < 1.29 is 13.2 Å². The molecule has 1 aromatic carbocycles. The molecule has 0 unspecified atom stereocenters. The van der Waals surface area contributed by atoms with Gasteiger partial charge in [0.25, 0.3) is 14.6 Å². The van der Waals surface area contributed by atoms with Gasteiger partial charge in [-0.1, -0.05) is 6.92 Å². The van der Waals surface area contributed by atoms with Crippen molar-refractivity contribution in [3.8, 4) is 17.1 Å². The van der Waals surface area contributed by atoms with E-state index in [1.165, 1.54) is 24.5 Å². The van der Waals surface area contributed by atoms with Gasteiger partial charge in [-0.15, -0.1) is 0 Å². The third-order valence-electron chi connectivity index (χ3n) is 3.25. The van der Waals surface area contributed by atoms with Crippen molar-refractivity contribution in [1.82, 2.24) is 19.9 Å². The van der Waals surface area contributed by atoms with E-state index in [9.17, 15) is 13.2 Å². The van der Waals surface area contributed by atoms with Gasteiger partial charge in [-0.25, -0.2) is 18.4 Å². The van der Waals surface area contributed by atoms with E-state index in [0.29, 0.717) is 17.9 Å². The Morgan fingerprint density at radius 2 is 2.12 bits per heavy atom. The quantitative estimate of drug-likeness (QED) is 0.665. The summed E-state index contributed by atoms with van der Waals surface area (Å²) in [5, 5.41) is 0. The molecule has 0 spiro atoms. The third kappa shape index (κ3) is 3.13. The van der Waals surface area contributed by atoms with Gasteiger partial charge >= 0.3 is 0 Å². The maximum Gasteiger partial charge on any atom is 0.277 e. The molecular weight excluding hydrogens is 356 g/mol. The summed E-state index contributed by atoms with van der Waals surface area (Å²) in [6.07, 6.45) is 2.11. The molecule has 24 heavy (non-hydrogen) atoms. The lowest BCUT2D eigenvalue weighted by atomic mass is 10.2. The Morgan fingerprint density at radius 3 is 2.83 bits per heavy atom. The van der Waals surface area contributed by atoms with Gasteiger partial charge in [0.1, 0.15) is 11.6 Å². The molecule has 0 aliphatic carbocycles. The van der Waals surface area contributed by atoms with Crippen molar-refractivity contribution in [2.24, 2.45) is 0 Å². The number of imidazole rings is 1. The van der Waals surface area contributed by atoms with Crippen LogP contribution >= 0.6 is 10.7 Å². The van der Waals surface area contributed by atoms with Crippen molar-refractivity contribution in [3.63, 3.8) is 0 Å². The van der Waals surface area contributed by atoms with Crippen LogP contribution in [0.5, 0.6) is 5.75 Å². The molecule has 0 atom stereocenters. The zero-order valence-corrected chi connectivity index (χ0v) is 14.1. The molecular formula is C14H13ClN4O4S. The van der Waals surface area contributed by atoms with E-state index in [1.807, 2.05) is 6.92 Å². The highest BCUT2D eigenvalue weighted by Crippen LogP contribution is 2.31. The number of fused-ring (bicyclic) bond motifs is 1. The summed E-state index contributed by atoms with van der Waals surface area (Å²) < 4.78 is 28.8. The second-order valence-corrected chi connectivity index (χ2v) is 7.53. The Balaban J connectivity index is 2.23. The predicted molar refractivity (Wildman–Crippen MR) is 88.8 cm³/mol. The number of halogens is 1. The van der Waals surface area contributed by atoms with Crippen LogP contribution in [0.25, 0.3) is 22.6 Å². The second-order valence-electron chi connectivity index (χ2n) is 4.96. The summed E-state index contributed by atoms with van der Waals surface area (Å²) in [6, 6.07) is 4.13. The number of H-pyrrole nitrogens is 2. The predicted octanol–water partition coefficient (Wildman–Crippen LogP) is 2.03. The zero-order chi connectivity index (χ0) is 17.3. The molecule has 0 radical (unpaired) electrons. The summed E-state index contributed by atoms with van der Waals surface area (Å²) in [4.78, 5) is 25.4. The number of hydrogen-bond acceptors (Lipinski definition) is 6. The molecule has 0 aliphatic heterocycles. The first-order valence-electron chi connectivity index (χ1n) is 7.05. The molecule has 8 nitrogen and oxygen atoms in total. The van der Waals surface area contributed by atoms with Crippen LogP contribution in [0, 0.1) is 0 Å². The van der Waals surface area contributed by atoms with Crippen LogP contribution in [0.3, 0.4) is 0 Å². The Hall–Kier alpha value is -2.39. The highest BCUT2D eigenvalue weighted by atomic mass is 35.7. The SMILES string of the molecule is CCCOc1ccc(S(=O)(=O)Cl)cc1-c1nc2nc[nH]c2c(=O)[nH]1. The first-order chi connectivity index (χ1) is 11.4. The van der Waals surface area contributed by atoms with E-state index in [2.05, 4.69) is 19.9 Å². The highest BCUT2D eigenvalue weighted by Gasteiger charge is 2.17. The minimum atomic E-state index is -3.94. The van der Waals surface area contributed by atoms with E-state index >= 15 is 0 Å². The van der Waals surface area contributed by atoms with E-state index in [-0.39, 0.29) is 21.9 Å². The van der Waals surface area contributed by atoms with Crippen LogP contribution in [0.4, 0.5) is 0 Å². The van der Waals surface area contributed by atoms with Gasteiger partial charge in [-0.05, 0) is 24.6 Å². The average molecular weight is 369 g/mol. The lowest BCUT2D eigenvalue weighted by Crippen LogP contribution is -2.10. The van der Waals surface area contributed by atoms with Gasteiger partial charge in [-0.2, -0.15) is 0 Å². The molecule has 2 heterocycles. The number of ether oxygens (including phenoxy) is 1. The maximum absolute atomic E-state index is 12.1. The zero-order valence-electron chi connectivity index (χ0n) is 12.5. The van der Waals surface area contributed by atoms with Gasteiger partial charge in [0.2, 0.25) is 0 Å². The summed E-state index contributed by atoms with van der Waals surface area (Å²) in [5.74, 6) is 0.534. The molecule has 0 fully saturated rings. The lowest BCUT2D eigenvalue weighted by molar-refractivity contribution is 0.318. The fourth-order valence-corrected chi connectivity index (χ4v) is 2.93. The number of hydrogen-bond donors (Lipinski definition) is 2. The lowest BCUT2D eigenvalue weighted by Gasteiger charge is -2.11. The van der Waals surface area contributed by atoms with Crippen molar-refractivity contribution >= 4 is 30.9 Å². The number of rotatable bonds is 5. The first-order valence-corrected chi connectivity index (χ1v) is 9.36. The largest absolute Gasteiger partial charge is 0.493 e. The van der Waals surface area contributed by atoms with E-state index < -0.39 is 14.6 Å². The van der Waals surface area contributed by atoms with Gasteiger partial charge in [0.15, 0.2) is 11.2 Å². The second kappa shape index (κ2) is 6.25. The number of nitrogens with zero attached hydrogens (tertiary/aromatic N) is 2. The van der Waals surface area contributed by atoms with Crippen molar-refractivity contribution in [1.29, 1.82) is 0 Å². The number of aromatic nitrogens is 4. The van der Waals surface area contributed by atoms with Crippen molar-refractivity contribution in [2.75, 3.05) is 6.61 Å². The molecule has 126 valence electrons. The Bertz CT molecular complexity index is 1060. The maximum atomic E-state index is 12.1. The topological polar surface area (TPSA) is 118 Å². The van der Waals surface area contributed by atoms with Crippen LogP contribution < -0.4 is 10.3 Å². The molecule has 0 saturated heterocycles. The molecule has 0 amide bonds. The van der Waals surface area contributed by atoms with Crippen LogP contribution in [0.2, 0.25) is 0 Å². The van der Waals surface area contributed by atoms with E-state index in [0.717, 1.165) is 6.42 Å². The van der Waals surface area contributed by atoms with Gasteiger partial charge < -0.3 is 14.7 Å². The molecule has 0 saturated carbocycles. The molecule has 2 N–H and O–H groups in total. The highest BCUT2D eigenvalue weighted by molar-refractivity contribution is 8.13.